The number of halogens is 3. The fourth-order valence-corrected chi connectivity index (χ4v) is 3.87. The van der Waals surface area contributed by atoms with Crippen LogP contribution in [0, 0.1) is 0 Å². The number of nitrogens with one attached hydrogen (secondary N) is 1. The van der Waals surface area contributed by atoms with Crippen molar-refractivity contribution in [3.05, 3.63) is 73.1 Å². The van der Waals surface area contributed by atoms with Gasteiger partial charge < -0.3 is 0 Å². The first kappa shape index (κ1) is 19.3. The van der Waals surface area contributed by atoms with Gasteiger partial charge in [0, 0.05) is 26.5 Å². The van der Waals surface area contributed by atoms with Crippen LogP contribution in [0.3, 0.4) is 0 Å². The van der Waals surface area contributed by atoms with Gasteiger partial charge in [0.2, 0.25) is 5.13 Å². The van der Waals surface area contributed by atoms with Crippen LogP contribution in [-0.2, 0) is 12.8 Å². The first-order valence-electron chi connectivity index (χ1n) is 7.84. The molecule has 1 amide bonds. The van der Waals surface area contributed by atoms with E-state index in [1.807, 2.05) is 24.3 Å². The average molecular weight is 471 g/mol. The van der Waals surface area contributed by atoms with Crippen LogP contribution in [-0.4, -0.2) is 16.1 Å². The van der Waals surface area contributed by atoms with Crippen molar-refractivity contribution in [2.45, 2.75) is 19.3 Å². The summed E-state index contributed by atoms with van der Waals surface area (Å²) in [4.78, 5) is 12.2. The van der Waals surface area contributed by atoms with Crippen molar-refractivity contribution in [2.24, 2.45) is 0 Å². The van der Waals surface area contributed by atoms with Gasteiger partial charge in [-0.2, -0.15) is 0 Å². The molecule has 2 aromatic carbocycles. The van der Waals surface area contributed by atoms with Crippen molar-refractivity contribution in [3.63, 3.8) is 0 Å². The van der Waals surface area contributed by atoms with Crippen molar-refractivity contribution in [1.29, 1.82) is 0 Å². The van der Waals surface area contributed by atoms with E-state index >= 15 is 0 Å². The Morgan fingerprint density at radius 3 is 2.58 bits per heavy atom. The summed E-state index contributed by atoms with van der Waals surface area (Å²) in [7, 11) is 0. The zero-order valence-corrected chi connectivity index (χ0v) is 17.4. The van der Waals surface area contributed by atoms with Crippen molar-refractivity contribution in [2.75, 3.05) is 5.32 Å². The Hall–Kier alpha value is -1.47. The number of nitrogens with zero attached hydrogens (tertiary/aromatic N) is 2. The highest BCUT2D eigenvalue weighted by atomic mass is 79.9. The zero-order valence-electron chi connectivity index (χ0n) is 13.5. The Balaban J connectivity index is 1.53. The number of benzene rings is 2. The fourth-order valence-electron chi connectivity index (χ4n) is 2.33. The van der Waals surface area contributed by atoms with Crippen LogP contribution < -0.4 is 5.32 Å². The van der Waals surface area contributed by atoms with Gasteiger partial charge in [0.05, 0.1) is 0 Å². The molecule has 1 heterocycles. The molecule has 0 atom stereocenters. The zero-order chi connectivity index (χ0) is 18.5. The van der Waals surface area contributed by atoms with E-state index in [1.54, 1.807) is 18.2 Å². The predicted octanol–water partition coefficient (Wildman–Crippen LogP) is 6.04. The second-order valence-electron chi connectivity index (χ2n) is 5.55. The molecular weight excluding hydrogens is 457 g/mol. The molecule has 1 N–H and O–H groups in total. The van der Waals surface area contributed by atoms with E-state index in [-0.39, 0.29) is 5.91 Å². The molecule has 0 aliphatic heterocycles. The SMILES string of the molecule is O=C(Nc1nnc(CCCc2ccc(Cl)cc2Cl)s1)c1ccc(Br)cc1. The Labute approximate surface area is 173 Å². The summed E-state index contributed by atoms with van der Waals surface area (Å²) < 4.78 is 0.924. The molecule has 0 saturated carbocycles. The molecule has 0 fully saturated rings. The van der Waals surface area contributed by atoms with Crippen molar-refractivity contribution >= 4 is 61.5 Å². The molecule has 8 heteroatoms. The molecule has 0 spiro atoms. The largest absolute Gasteiger partial charge is 0.296 e. The second-order valence-corrected chi connectivity index (χ2v) is 8.37. The number of carbonyl (C=O) groups excluding carboxylic acids is 1. The molecule has 3 rings (SSSR count). The molecule has 1 aromatic heterocycles. The van der Waals surface area contributed by atoms with Gasteiger partial charge >= 0.3 is 0 Å². The lowest BCUT2D eigenvalue weighted by Gasteiger charge is -2.03. The summed E-state index contributed by atoms with van der Waals surface area (Å²) in [5.74, 6) is -0.201. The molecule has 0 aliphatic carbocycles. The van der Waals surface area contributed by atoms with Crippen LogP contribution in [0.15, 0.2) is 46.9 Å². The molecule has 26 heavy (non-hydrogen) atoms. The van der Waals surface area contributed by atoms with Gasteiger partial charge in [-0.05, 0) is 54.8 Å². The molecule has 134 valence electrons. The number of anilines is 1. The van der Waals surface area contributed by atoms with Gasteiger partial charge in [-0.3, -0.25) is 10.1 Å². The van der Waals surface area contributed by atoms with E-state index in [1.165, 1.54) is 11.3 Å². The lowest BCUT2D eigenvalue weighted by atomic mass is 10.1. The Morgan fingerprint density at radius 1 is 1.08 bits per heavy atom. The minimum Gasteiger partial charge on any atom is -0.296 e. The molecule has 4 nitrogen and oxygen atoms in total. The number of rotatable bonds is 6. The summed E-state index contributed by atoms with van der Waals surface area (Å²) in [6.45, 7) is 0. The van der Waals surface area contributed by atoms with Crippen LogP contribution in [0.1, 0.15) is 27.3 Å². The van der Waals surface area contributed by atoms with E-state index in [0.717, 1.165) is 34.3 Å². The topological polar surface area (TPSA) is 54.9 Å². The Morgan fingerprint density at radius 2 is 1.85 bits per heavy atom. The normalized spacial score (nSPS) is 10.7. The lowest BCUT2D eigenvalue weighted by molar-refractivity contribution is 0.102. The molecule has 3 aromatic rings. The highest BCUT2D eigenvalue weighted by Gasteiger charge is 2.10. The smallest absolute Gasteiger partial charge is 0.257 e. The standard InChI is InChI=1S/C18H14BrCl2N3OS/c19-13-7-4-12(5-8-13)17(25)22-18-24-23-16(26-18)3-1-2-11-6-9-14(20)10-15(11)21/h4-10H,1-3H2,(H,22,24,25). The number of amides is 1. The van der Waals surface area contributed by atoms with Gasteiger partial charge in [-0.15, -0.1) is 10.2 Å². The van der Waals surface area contributed by atoms with Crippen molar-refractivity contribution < 1.29 is 4.79 Å². The maximum Gasteiger partial charge on any atom is 0.257 e. The number of aryl methyl sites for hydroxylation is 2. The minimum atomic E-state index is -0.201. The van der Waals surface area contributed by atoms with Crippen LogP contribution >= 0.6 is 50.5 Å². The number of aromatic nitrogens is 2. The summed E-state index contributed by atoms with van der Waals surface area (Å²) in [5.41, 5.74) is 1.63. The van der Waals surface area contributed by atoms with E-state index in [4.69, 9.17) is 23.2 Å². The van der Waals surface area contributed by atoms with Gasteiger partial charge in [-0.1, -0.05) is 56.5 Å². The first-order valence-corrected chi connectivity index (χ1v) is 10.2. The quantitative estimate of drug-likeness (QED) is 0.478. The van der Waals surface area contributed by atoms with Crippen LogP contribution in [0.2, 0.25) is 10.0 Å². The Kier molecular flexibility index (Phi) is 6.64. The van der Waals surface area contributed by atoms with Crippen molar-refractivity contribution in [1.82, 2.24) is 10.2 Å². The summed E-state index contributed by atoms with van der Waals surface area (Å²) >= 11 is 16.8. The maximum atomic E-state index is 12.2. The second kappa shape index (κ2) is 8.95. The van der Waals surface area contributed by atoms with Gasteiger partial charge in [0.25, 0.3) is 5.91 Å². The molecule has 0 saturated heterocycles. The van der Waals surface area contributed by atoms with E-state index in [0.29, 0.717) is 20.7 Å². The predicted molar refractivity (Wildman–Crippen MR) is 110 cm³/mol. The molecular formula is C18H14BrCl2N3OS. The molecule has 0 radical (unpaired) electrons. The summed E-state index contributed by atoms with van der Waals surface area (Å²) in [6, 6.07) is 12.7. The van der Waals surface area contributed by atoms with Crippen LogP contribution in [0.5, 0.6) is 0 Å². The summed E-state index contributed by atoms with van der Waals surface area (Å²) in [5, 5.41) is 13.6. The number of hydrogen-bond acceptors (Lipinski definition) is 4. The van der Waals surface area contributed by atoms with E-state index < -0.39 is 0 Å². The molecule has 0 bridgehead atoms. The fraction of sp³-hybridized carbons (Fsp3) is 0.167. The number of carbonyl (C=O) groups is 1. The highest BCUT2D eigenvalue weighted by molar-refractivity contribution is 9.10. The van der Waals surface area contributed by atoms with Gasteiger partial charge in [0.15, 0.2) is 0 Å². The van der Waals surface area contributed by atoms with Gasteiger partial charge in [-0.25, -0.2) is 0 Å². The van der Waals surface area contributed by atoms with E-state index in [2.05, 4.69) is 31.4 Å². The van der Waals surface area contributed by atoms with E-state index in [9.17, 15) is 4.79 Å². The number of hydrogen-bond donors (Lipinski definition) is 1. The monoisotopic (exact) mass is 469 g/mol. The van der Waals surface area contributed by atoms with Crippen molar-refractivity contribution in [3.8, 4) is 0 Å². The third kappa shape index (κ3) is 5.27. The van der Waals surface area contributed by atoms with Gasteiger partial charge in [0.1, 0.15) is 5.01 Å². The first-order chi connectivity index (χ1) is 12.5. The van der Waals surface area contributed by atoms with Crippen LogP contribution in [0.25, 0.3) is 0 Å². The minimum absolute atomic E-state index is 0.201. The maximum absolute atomic E-state index is 12.2. The molecule has 0 unspecified atom stereocenters. The third-order valence-electron chi connectivity index (χ3n) is 3.65. The molecule has 0 aliphatic rings. The Bertz CT molecular complexity index is 915. The highest BCUT2D eigenvalue weighted by Crippen LogP contribution is 2.23. The average Bonchev–Trinajstić information content (AvgIpc) is 3.04. The summed E-state index contributed by atoms with van der Waals surface area (Å²) in [6.07, 6.45) is 2.48. The van der Waals surface area contributed by atoms with Crippen LogP contribution in [0.4, 0.5) is 5.13 Å². The third-order valence-corrected chi connectivity index (χ3v) is 5.66. The lowest BCUT2D eigenvalue weighted by Crippen LogP contribution is -2.11.